The normalized spacial score (nSPS) is 59.1. The Bertz CT molecular complexity index is 517. The van der Waals surface area contributed by atoms with E-state index in [2.05, 4.69) is 24.3 Å². The third-order valence-corrected chi connectivity index (χ3v) is 6.81. The highest BCUT2D eigenvalue weighted by Gasteiger charge is 2.91. The molecule has 5 aliphatic rings. The van der Waals surface area contributed by atoms with Crippen molar-refractivity contribution in [3.63, 3.8) is 0 Å². The van der Waals surface area contributed by atoms with Gasteiger partial charge in [-0.3, -0.25) is 0 Å². The summed E-state index contributed by atoms with van der Waals surface area (Å²) in [6.07, 6.45) is 5.75. The van der Waals surface area contributed by atoms with Crippen molar-refractivity contribution >= 4 is 0 Å². The SMILES string of the molecule is c1ccc2c(c1)[C@H]1C[C@H]2[C@]23O[C@]12[C@@H]1CC[C@@H]3C1. The highest BCUT2D eigenvalue weighted by Crippen LogP contribution is 2.86. The Morgan fingerprint density at radius 3 is 2.06 bits per heavy atom. The van der Waals surface area contributed by atoms with Crippen LogP contribution in [-0.2, 0) is 4.74 Å². The average Bonchev–Trinajstić information content (AvgIpc) is 2.80. The van der Waals surface area contributed by atoms with Crippen LogP contribution in [0.4, 0.5) is 0 Å². The molecule has 1 aromatic carbocycles. The van der Waals surface area contributed by atoms with Crippen molar-refractivity contribution in [2.75, 3.05) is 0 Å². The summed E-state index contributed by atoms with van der Waals surface area (Å²) in [6.45, 7) is 0. The van der Waals surface area contributed by atoms with Crippen LogP contribution in [-0.4, -0.2) is 11.2 Å². The van der Waals surface area contributed by atoms with Gasteiger partial charge in [-0.05, 0) is 48.6 Å². The number of hydrogen-bond donors (Lipinski definition) is 0. The first-order valence-electron chi connectivity index (χ1n) is 7.17. The molecule has 4 aliphatic carbocycles. The first-order valence-corrected chi connectivity index (χ1v) is 7.17. The summed E-state index contributed by atoms with van der Waals surface area (Å²) in [7, 11) is 0. The predicted molar refractivity (Wildman–Crippen MR) is 63.9 cm³/mol. The minimum atomic E-state index is 0.328. The van der Waals surface area contributed by atoms with Crippen LogP contribution in [0, 0.1) is 11.8 Å². The van der Waals surface area contributed by atoms with Crippen LogP contribution in [0.3, 0.4) is 0 Å². The molecule has 0 spiro atoms. The van der Waals surface area contributed by atoms with E-state index in [1.165, 1.54) is 25.7 Å². The first-order chi connectivity index (χ1) is 8.38. The molecule has 1 nitrogen and oxygen atoms in total. The summed E-state index contributed by atoms with van der Waals surface area (Å²) in [5, 5.41) is 0. The molecule has 0 radical (unpaired) electrons. The quantitative estimate of drug-likeness (QED) is 0.616. The van der Waals surface area contributed by atoms with Crippen LogP contribution >= 0.6 is 0 Å². The number of hydrogen-bond acceptors (Lipinski definition) is 1. The summed E-state index contributed by atoms with van der Waals surface area (Å²) in [5.74, 6) is 3.30. The second-order valence-electron chi connectivity index (χ2n) is 6.86. The van der Waals surface area contributed by atoms with Gasteiger partial charge < -0.3 is 4.74 Å². The third kappa shape index (κ3) is 0.567. The van der Waals surface area contributed by atoms with Gasteiger partial charge in [-0.15, -0.1) is 0 Å². The Morgan fingerprint density at radius 1 is 0.882 bits per heavy atom. The first kappa shape index (κ1) is 8.31. The Balaban J connectivity index is 1.67. The molecule has 1 saturated heterocycles. The van der Waals surface area contributed by atoms with E-state index in [9.17, 15) is 0 Å². The van der Waals surface area contributed by atoms with E-state index in [1.807, 2.05) is 0 Å². The lowest BCUT2D eigenvalue weighted by atomic mass is 9.69. The summed E-state index contributed by atoms with van der Waals surface area (Å²) in [4.78, 5) is 0. The molecule has 1 aliphatic heterocycles. The summed E-state index contributed by atoms with van der Waals surface area (Å²) < 4.78 is 6.52. The van der Waals surface area contributed by atoms with Gasteiger partial charge >= 0.3 is 0 Å². The molecule has 3 saturated carbocycles. The molecule has 17 heavy (non-hydrogen) atoms. The van der Waals surface area contributed by atoms with Crippen molar-refractivity contribution in [3.05, 3.63) is 35.4 Å². The molecule has 0 aromatic heterocycles. The van der Waals surface area contributed by atoms with Crippen LogP contribution in [0.5, 0.6) is 0 Å². The topological polar surface area (TPSA) is 12.5 Å². The van der Waals surface area contributed by atoms with Crippen LogP contribution in [0.2, 0.25) is 0 Å². The van der Waals surface area contributed by atoms with E-state index in [0.717, 1.165) is 23.7 Å². The van der Waals surface area contributed by atoms with Gasteiger partial charge in [0.25, 0.3) is 0 Å². The van der Waals surface area contributed by atoms with E-state index in [-0.39, 0.29) is 0 Å². The van der Waals surface area contributed by atoms with Crippen molar-refractivity contribution in [1.29, 1.82) is 0 Å². The van der Waals surface area contributed by atoms with Crippen molar-refractivity contribution < 1.29 is 4.74 Å². The Morgan fingerprint density at radius 2 is 1.47 bits per heavy atom. The second kappa shape index (κ2) is 2.09. The predicted octanol–water partition coefficient (Wildman–Crippen LogP) is 3.21. The highest BCUT2D eigenvalue weighted by atomic mass is 16.6. The van der Waals surface area contributed by atoms with E-state index in [4.69, 9.17) is 4.74 Å². The molecule has 6 rings (SSSR count). The zero-order valence-corrected chi connectivity index (χ0v) is 9.86. The second-order valence-corrected chi connectivity index (χ2v) is 6.86. The zero-order valence-electron chi connectivity index (χ0n) is 9.86. The van der Waals surface area contributed by atoms with Gasteiger partial charge in [0.05, 0.1) is 0 Å². The van der Waals surface area contributed by atoms with Gasteiger partial charge in [0.15, 0.2) is 0 Å². The molecule has 1 aromatic rings. The molecule has 0 unspecified atom stereocenters. The number of benzene rings is 1. The summed E-state index contributed by atoms with van der Waals surface area (Å²) in [6, 6.07) is 9.17. The standard InChI is InChI=1S/C16H16O/c1-2-4-12-11(3-1)13-8-14(12)16-10-6-5-9(7-10)15(13,16)17-16/h1-4,9-10,13-14H,5-8H2/t9-,10-,13-,14-,15-,16+/m1/s1. The fourth-order valence-corrected chi connectivity index (χ4v) is 6.52. The molecule has 4 fully saturated rings. The molecule has 4 bridgehead atoms. The maximum atomic E-state index is 6.52. The average molecular weight is 224 g/mol. The molecule has 1 heterocycles. The number of rotatable bonds is 0. The molecule has 6 atom stereocenters. The largest absolute Gasteiger partial charge is 0.361 e. The fraction of sp³-hybridized carbons (Fsp3) is 0.625. The number of ether oxygens (including phenoxy) is 1. The van der Waals surface area contributed by atoms with Crippen LogP contribution < -0.4 is 0 Å². The van der Waals surface area contributed by atoms with Gasteiger partial charge in [0.1, 0.15) is 11.2 Å². The highest BCUT2D eigenvalue weighted by molar-refractivity contribution is 5.57. The van der Waals surface area contributed by atoms with Gasteiger partial charge in [0, 0.05) is 11.8 Å². The monoisotopic (exact) mass is 224 g/mol. The van der Waals surface area contributed by atoms with Crippen molar-refractivity contribution in [2.45, 2.75) is 48.7 Å². The lowest BCUT2D eigenvalue weighted by molar-refractivity contribution is 0.113. The maximum Gasteiger partial charge on any atom is 0.109 e. The van der Waals surface area contributed by atoms with Crippen LogP contribution in [0.15, 0.2) is 24.3 Å². The van der Waals surface area contributed by atoms with Crippen molar-refractivity contribution in [1.82, 2.24) is 0 Å². The minimum Gasteiger partial charge on any atom is -0.361 e. The summed E-state index contributed by atoms with van der Waals surface area (Å²) >= 11 is 0. The molecule has 0 N–H and O–H groups in total. The van der Waals surface area contributed by atoms with E-state index >= 15 is 0 Å². The Labute approximate surface area is 101 Å². The van der Waals surface area contributed by atoms with Crippen LogP contribution in [0.25, 0.3) is 0 Å². The van der Waals surface area contributed by atoms with Gasteiger partial charge in [-0.25, -0.2) is 0 Å². The molecule has 1 heteroatoms. The van der Waals surface area contributed by atoms with Crippen LogP contribution in [0.1, 0.15) is 48.6 Å². The van der Waals surface area contributed by atoms with Gasteiger partial charge in [-0.1, -0.05) is 24.3 Å². The number of epoxide rings is 1. The molecule has 86 valence electrons. The smallest absolute Gasteiger partial charge is 0.109 e. The van der Waals surface area contributed by atoms with E-state index in [0.29, 0.717) is 11.2 Å². The lowest BCUT2D eigenvalue weighted by Gasteiger charge is -2.29. The molecule has 0 amide bonds. The van der Waals surface area contributed by atoms with E-state index < -0.39 is 0 Å². The van der Waals surface area contributed by atoms with Gasteiger partial charge in [0.2, 0.25) is 0 Å². The zero-order chi connectivity index (χ0) is 10.8. The Hall–Kier alpha value is -0.820. The van der Waals surface area contributed by atoms with Crippen molar-refractivity contribution in [3.8, 4) is 0 Å². The Kier molecular flexibility index (Phi) is 1.02. The minimum absolute atomic E-state index is 0.328. The molecular formula is C16H16O. The third-order valence-electron chi connectivity index (χ3n) is 6.81. The fourth-order valence-electron chi connectivity index (χ4n) is 6.52. The maximum absolute atomic E-state index is 6.52. The van der Waals surface area contributed by atoms with E-state index in [1.54, 1.807) is 11.1 Å². The lowest BCUT2D eigenvalue weighted by Crippen LogP contribution is -2.36. The number of fused-ring (bicyclic) bond motifs is 7. The summed E-state index contributed by atoms with van der Waals surface area (Å²) in [5.41, 5.74) is 3.93. The molecular weight excluding hydrogens is 208 g/mol. The van der Waals surface area contributed by atoms with Gasteiger partial charge in [-0.2, -0.15) is 0 Å². The van der Waals surface area contributed by atoms with Crippen molar-refractivity contribution in [2.24, 2.45) is 11.8 Å².